The van der Waals surface area contributed by atoms with E-state index in [1.807, 2.05) is 53.1 Å². The molecule has 4 aromatic rings. The van der Waals surface area contributed by atoms with Gasteiger partial charge in [0.2, 0.25) is 5.88 Å². The quantitative estimate of drug-likeness (QED) is 0.252. The van der Waals surface area contributed by atoms with Gasteiger partial charge in [-0.05, 0) is 30.3 Å². The first-order chi connectivity index (χ1) is 15.8. The lowest BCUT2D eigenvalue weighted by molar-refractivity contribution is 0.213. The van der Waals surface area contributed by atoms with Crippen LogP contribution in [-0.4, -0.2) is 25.0 Å². The second-order valence-corrected chi connectivity index (χ2v) is 8.55. The van der Waals surface area contributed by atoms with Crippen molar-refractivity contribution in [2.45, 2.75) is 5.75 Å². The van der Waals surface area contributed by atoms with Gasteiger partial charge in [0.15, 0.2) is 5.96 Å². The van der Waals surface area contributed by atoms with E-state index < -0.39 is 27.9 Å². The summed E-state index contributed by atoms with van der Waals surface area (Å²) in [6.45, 7) is 0. The maximum absolute atomic E-state index is 12.7. The van der Waals surface area contributed by atoms with Gasteiger partial charge in [-0.2, -0.15) is 8.42 Å². The van der Waals surface area contributed by atoms with Gasteiger partial charge in [-0.1, -0.05) is 54.6 Å². The van der Waals surface area contributed by atoms with Gasteiger partial charge in [-0.15, -0.1) is 4.99 Å². The zero-order chi connectivity index (χ0) is 23.4. The monoisotopic (exact) mass is 464 g/mol. The summed E-state index contributed by atoms with van der Waals surface area (Å²) in [5, 5.41) is 0.619. The third-order valence-corrected chi connectivity index (χ3v) is 5.68. The minimum Gasteiger partial charge on any atom is -0.440 e. The van der Waals surface area contributed by atoms with Crippen LogP contribution in [-0.2, 0) is 20.1 Å². The molecular formula is C23H20N4O5S. The summed E-state index contributed by atoms with van der Waals surface area (Å²) in [5.41, 5.74) is 12.0. The maximum Gasteiger partial charge on any atom is 0.452 e. The number of nitrogens with two attached hydrogens (primary N) is 2. The Kier molecular flexibility index (Phi) is 6.01. The molecule has 0 saturated heterocycles. The predicted octanol–water partition coefficient (Wildman–Crippen LogP) is 3.66. The van der Waals surface area contributed by atoms with Crippen LogP contribution in [0.25, 0.3) is 16.6 Å². The predicted molar refractivity (Wildman–Crippen MR) is 125 cm³/mol. The number of amides is 1. The number of fused-ring (bicyclic) bond motifs is 1. The fraction of sp³-hybridized carbons (Fsp3) is 0.0435. The van der Waals surface area contributed by atoms with Crippen LogP contribution < -0.4 is 16.2 Å². The van der Waals surface area contributed by atoms with Crippen LogP contribution in [0, 0.1) is 0 Å². The fourth-order valence-electron chi connectivity index (χ4n) is 3.40. The number of nitrogens with zero attached hydrogens (tertiary/aromatic N) is 2. The van der Waals surface area contributed by atoms with Crippen molar-refractivity contribution in [3.8, 4) is 17.3 Å². The van der Waals surface area contributed by atoms with Gasteiger partial charge < -0.3 is 20.4 Å². The van der Waals surface area contributed by atoms with Crippen molar-refractivity contribution in [3.63, 3.8) is 0 Å². The summed E-state index contributed by atoms with van der Waals surface area (Å²) >= 11 is 0. The summed E-state index contributed by atoms with van der Waals surface area (Å²) < 4.78 is 38.0. The molecule has 0 radical (unpaired) electrons. The lowest BCUT2D eigenvalue weighted by Gasteiger charge is -2.13. The highest BCUT2D eigenvalue weighted by Crippen LogP contribution is 2.39. The molecule has 0 saturated carbocycles. The molecule has 168 valence electrons. The standard InChI is InChI=1S/C23H20N4O5S/c24-22(25)26-23(28)32-33(29,30)15-19-18-13-7-8-14-20(18)27(16-9-3-1-4-10-16)21(19)31-17-11-5-2-6-12-17/h1-14H,15H2,(H4,24,25,26,28). The average molecular weight is 465 g/mol. The number of para-hydroxylation sites is 3. The highest BCUT2D eigenvalue weighted by atomic mass is 32.2. The molecule has 4 rings (SSSR count). The lowest BCUT2D eigenvalue weighted by Crippen LogP contribution is -2.25. The number of benzene rings is 3. The van der Waals surface area contributed by atoms with Crippen molar-refractivity contribution < 1.29 is 22.1 Å². The molecule has 0 fully saturated rings. The lowest BCUT2D eigenvalue weighted by atomic mass is 10.2. The minimum absolute atomic E-state index is 0.273. The molecule has 4 N–H and O–H groups in total. The van der Waals surface area contributed by atoms with Crippen molar-refractivity contribution >= 4 is 33.1 Å². The third kappa shape index (κ3) is 4.96. The number of carbonyl (C=O) groups excluding carboxylic acids is 1. The molecule has 0 unspecified atom stereocenters. The molecule has 9 nitrogen and oxygen atoms in total. The number of aromatic nitrogens is 1. The van der Waals surface area contributed by atoms with E-state index in [1.54, 1.807) is 36.4 Å². The molecule has 1 amide bonds. The molecule has 33 heavy (non-hydrogen) atoms. The minimum atomic E-state index is -4.42. The zero-order valence-electron chi connectivity index (χ0n) is 17.3. The molecule has 0 aliphatic heterocycles. The first kappa shape index (κ1) is 21.9. The molecular weight excluding hydrogens is 444 g/mol. The summed E-state index contributed by atoms with van der Waals surface area (Å²) in [6.07, 6.45) is -1.42. The van der Waals surface area contributed by atoms with E-state index >= 15 is 0 Å². The summed E-state index contributed by atoms with van der Waals surface area (Å²) in [7, 11) is -4.42. The highest BCUT2D eigenvalue weighted by Gasteiger charge is 2.27. The number of guanidine groups is 1. The van der Waals surface area contributed by atoms with Crippen molar-refractivity contribution in [3.05, 3.63) is 90.5 Å². The Balaban J connectivity index is 1.89. The molecule has 0 bridgehead atoms. The fourth-order valence-corrected chi connectivity index (χ4v) is 4.35. The number of ether oxygens (including phenoxy) is 1. The maximum atomic E-state index is 12.7. The van der Waals surface area contributed by atoms with Crippen molar-refractivity contribution in [1.82, 2.24) is 4.57 Å². The van der Waals surface area contributed by atoms with Crippen LogP contribution in [0.3, 0.4) is 0 Å². The van der Waals surface area contributed by atoms with E-state index in [-0.39, 0.29) is 5.88 Å². The number of rotatable bonds is 6. The van der Waals surface area contributed by atoms with Gasteiger partial charge in [-0.25, -0.2) is 4.79 Å². The summed E-state index contributed by atoms with van der Waals surface area (Å²) in [5.74, 6) is -0.478. The molecule has 0 spiro atoms. The van der Waals surface area contributed by atoms with Gasteiger partial charge >= 0.3 is 16.2 Å². The van der Waals surface area contributed by atoms with E-state index in [1.165, 1.54) is 0 Å². The SMILES string of the molecule is NC(N)=NC(=O)OS(=O)(=O)Cc1c(Oc2ccccc2)n(-c2ccccc2)c2ccccc12. The molecule has 1 heterocycles. The first-order valence-corrected chi connectivity index (χ1v) is 11.4. The van der Waals surface area contributed by atoms with Gasteiger partial charge in [0.05, 0.1) is 5.52 Å². The second kappa shape index (κ2) is 9.05. The van der Waals surface area contributed by atoms with Crippen molar-refractivity contribution in [1.29, 1.82) is 0 Å². The van der Waals surface area contributed by atoms with Crippen LogP contribution in [0.5, 0.6) is 11.6 Å². The van der Waals surface area contributed by atoms with Gasteiger partial charge in [0, 0.05) is 16.6 Å². The molecule has 0 aliphatic carbocycles. The van der Waals surface area contributed by atoms with Gasteiger partial charge in [0.1, 0.15) is 11.5 Å². The van der Waals surface area contributed by atoms with E-state index in [4.69, 9.17) is 16.2 Å². The largest absolute Gasteiger partial charge is 0.452 e. The average Bonchev–Trinajstić information content (AvgIpc) is 3.06. The van der Waals surface area contributed by atoms with Crippen molar-refractivity contribution in [2.24, 2.45) is 16.5 Å². The molecule has 10 heteroatoms. The van der Waals surface area contributed by atoms with Crippen LogP contribution in [0.2, 0.25) is 0 Å². The normalized spacial score (nSPS) is 11.2. The molecule has 3 aromatic carbocycles. The van der Waals surface area contributed by atoms with Crippen molar-refractivity contribution in [2.75, 3.05) is 0 Å². The summed E-state index contributed by atoms with van der Waals surface area (Å²) in [4.78, 5) is 14.8. The van der Waals surface area contributed by atoms with Gasteiger partial charge in [-0.3, -0.25) is 4.57 Å². The number of hydrogen-bond donors (Lipinski definition) is 2. The Morgan fingerprint density at radius 2 is 1.48 bits per heavy atom. The number of carbonyl (C=O) groups is 1. The molecule has 0 atom stereocenters. The van der Waals surface area contributed by atoms with E-state index in [2.05, 4.69) is 9.18 Å². The Labute approximate surface area is 190 Å². The first-order valence-electron chi connectivity index (χ1n) is 9.80. The molecule has 0 aliphatic rings. The van der Waals surface area contributed by atoms with Crippen LogP contribution >= 0.6 is 0 Å². The Hall–Kier alpha value is -4.31. The smallest absolute Gasteiger partial charge is 0.440 e. The zero-order valence-corrected chi connectivity index (χ0v) is 18.1. The third-order valence-electron chi connectivity index (χ3n) is 4.64. The second-order valence-electron chi connectivity index (χ2n) is 6.97. The van der Waals surface area contributed by atoms with Gasteiger partial charge in [0.25, 0.3) is 0 Å². The topological polar surface area (TPSA) is 139 Å². The van der Waals surface area contributed by atoms with E-state index in [0.29, 0.717) is 16.7 Å². The molecule has 1 aromatic heterocycles. The van der Waals surface area contributed by atoms with Crippen LogP contribution in [0.4, 0.5) is 4.79 Å². The number of aliphatic imine (C=N–C) groups is 1. The van der Waals surface area contributed by atoms with Crippen LogP contribution in [0.1, 0.15) is 5.56 Å². The van der Waals surface area contributed by atoms with E-state index in [0.717, 1.165) is 11.2 Å². The Morgan fingerprint density at radius 3 is 2.15 bits per heavy atom. The van der Waals surface area contributed by atoms with E-state index in [9.17, 15) is 13.2 Å². The Bertz CT molecular complexity index is 1430. The highest BCUT2D eigenvalue weighted by molar-refractivity contribution is 7.86. The number of hydrogen-bond acceptors (Lipinski definition) is 5. The van der Waals surface area contributed by atoms with Crippen LogP contribution in [0.15, 0.2) is 89.9 Å². The summed E-state index contributed by atoms with van der Waals surface area (Å²) in [6, 6.07) is 25.6. The Morgan fingerprint density at radius 1 is 0.879 bits per heavy atom.